The van der Waals surface area contributed by atoms with Crippen molar-refractivity contribution in [2.75, 3.05) is 23.4 Å². The molecule has 0 radical (unpaired) electrons. The number of aromatic nitrogens is 1. The van der Waals surface area contributed by atoms with Crippen molar-refractivity contribution in [2.45, 2.75) is 17.7 Å². The van der Waals surface area contributed by atoms with E-state index in [1.54, 1.807) is 30.3 Å². The highest BCUT2D eigenvalue weighted by atomic mass is 35.5. The zero-order valence-electron chi connectivity index (χ0n) is 13.1. The van der Waals surface area contributed by atoms with Crippen LogP contribution >= 0.6 is 11.6 Å². The number of carbonyl (C=O) groups is 1. The summed E-state index contributed by atoms with van der Waals surface area (Å²) in [5.41, 5.74) is 0.682. The number of benzene rings is 1. The van der Waals surface area contributed by atoms with Crippen molar-refractivity contribution in [2.24, 2.45) is 0 Å². The predicted octanol–water partition coefficient (Wildman–Crippen LogP) is 2.97. The van der Waals surface area contributed by atoms with Gasteiger partial charge in [-0.2, -0.15) is 0 Å². The van der Waals surface area contributed by atoms with Crippen LogP contribution in [0.2, 0.25) is 5.02 Å². The first-order chi connectivity index (χ1) is 11.4. The first kappa shape index (κ1) is 18.2. The van der Waals surface area contributed by atoms with Crippen molar-refractivity contribution in [3.8, 4) is 0 Å². The number of nitrogens with zero attached hydrogens (tertiary/aromatic N) is 1. The molecule has 6 nitrogen and oxygen atoms in total. The summed E-state index contributed by atoms with van der Waals surface area (Å²) in [7, 11) is -3.35. The van der Waals surface area contributed by atoms with Crippen molar-refractivity contribution in [1.82, 2.24) is 4.98 Å². The second-order valence-electron chi connectivity index (χ2n) is 5.21. The Balaban J connectivity index is 1.81. The molecule has 128 valence electrons. The number of sulfone groups is 1. The second kappa shape index (κ2) is 8.12. The van der Waals surface area contributed by atoms with Crippen LogP contribution in [-0.2, 0) is 14.6 Å². The van der Waals surface area contributed by atoms with Crippen molar-refractivity contribution in [3.05, 3.63) is 47.6 Å². The Kier molecular flexibility index (Phi) is 6.16. The summed E-state index contributed by atoms with van der Waals surface area (Å²) in [5, 5.41) is 6.33. The number of nitrogens with one attached hydrogen (secondary N) is 2. The molecule has 0 unspecified atom stereocenters. The van der Waals surface area contributed by atoms with E-state index in [0.717, 1.165) is 6.26 Å². The van der Waals surface area contributed by atoms with Crippen LogP contribution in [0.15, 0.2) is 47.5 Å². The SMILES string of the molecule is CS(=O)(=O)c1cccnc1NCCCC(=O)Nc1ccc(Cl)cc1. The van der Waals surface area contributed by atoms with Crippen molar-refractivity contribution < 1.29 is 13.2 Å². The summed E-state index contributed by atoms with van der Waals surface area (Å²) in [6, 6.07) is 9.92. The Bertz CT molecular complexity index is 808. The summed E-state index contributed by atoms with van der Waals surface area (Å²) < 4.78 is 23.3. The molecule has 1 heterocycles. The van der Waals surface area contributed by atoms with E-state index in [2.05, 4.69) is 15.6 Å². The molecule has 8 heteroatoms. The molecule has 0 saturated heterocycles. The standard InChI is InChI=1S/C16H18ClN3O3S/c1-24(22,23)14-4-2-10-18-16(14)19-11-3-5-15(21)20-13-8-6-12(17)7-9-13/h2,4,6-10H,3,5,11H2,1H3,(H,18,19)(H,20,21). The van der Waals surface area contributed by atoms with E-state index in [1.807, 2.05) is 0 Å². The Hall–Kier alpha value is -2.12. The maximum Gasteiger partial charge on any atom is 0.224 e. The molecule has 0 spiro atoms. The molecule has 1 aromatic carbocycles. The molecule has 1 amide bonds. The largest absolute Gasteiger partial charge is 0.369 e. The number of amides is 1. The summed E-state index contributed by atoms with van der Waals surface area (Å²) in [5.74, 6) is 0.182. The monoisotopic (exact) mass is 367 g/mol. The van der Waals surface area contributed by atoms with Gasteiger partial charge in [0.2, 0.25) is 5.91 Å². The number of pyridine rings is 1. The zero-order valence-corrected chi connectivity index (χ0v) is 14.7. The first-order valence-electron chi connectivity index (χ1n) is 7.30. The molecule has 2 aromatic rings. The average molecular weight is 368 g/mol. The van der Waals surface area contributed by atoms with Gasteiger partial charge in [0.1, 0.15) is 10.7 Å². The molecule has 0 atom stereocenters. The van der Waals surface area contributed by atoms with Crippen LogP contribution in [0.3, 0.4) is 0 Å². The minimum Gasteiger partial charge on any atom is -0.369 e. The number of anilines is 2. The van der Waals surface area contributed by atoms with Gasteiger partial charge in [-0.1, -0.05) is 11.6 Å². The smallest absolute Gasteiger partial charge is 0.224 e. The van der Waals surface area contributed by atoms with E-state index < -0.39 is 9.84 Å². The van der Waals surface area contributed by atoms with Crippen LogP contribution in [0.5, 0.6) is 0 Å². The molecule has 24 heavy (non-hydrogen) atoms. The topological polar surface area (TPSA) is 88.2 Å². The lowest BCUT2D eigenvalue weighted by atomic mass is 10.2. The molecule has 0 bridgehead atoms. The van der Waals surface area contributed by atoms with Crippen molar-refractivity contribution in [3.63, 3.8) is 0 Å². The number of carbonyl (C=O) groups excluding carboxylic acids is 1. The Morgan fingerprint density at radius 3 is 2.58 bits per heavy atom. The summed E-state index contributed by atoms with van der Waals surface area (Å²) in [4.78, 5) is 16.0. The quantitative estimate of drug-likeness (QED) is 0.734. The van der Waals surface area contributed by atoms with Crippen LogP contribution in [0.1, 0.15) is 12.8 Å². The number of rotatable bonds is 7. The van der Waals surface area contributed by atoms with Gasteiger partial charge in [0, 0.05) is 36.1 Å². The van der Waals surface area contributed by atoms with Gasteiger partial charge in [-0.25, -0.2) is 13.4 Å². The van der Waals surface area contributed by atoms with Crippen LogP contribution in [0.4, 0.5) is 11.5 Å². The van der Waals surface area contributed by atoms with E-state index in [-0.39, 0.29) is 10.8 Å². The highest BCUT2D eigenvalue weighted by Crippen LogP contribution is 2.18. The fourth-order valence-electron chi connectivity index (χ4n) is 2.03. The maximum absolute atomic E-state index is 11.9. The van der Waals surface area contributed by atoms with Gasteiger partial charge in [0.05, 0.1) is 0 Å². The average Bonchev–Trinajstić information content (AvgIpc) is 2.53. The third-order valence-corrected chi connectivity index (χ3v) is 4.55. The molecule has 0 aliphatic rings. The molecular weight excluding hydrogens is 350 g/mol. The highest BCUT2D eigenvalue weighted by Gasteiger charge is 2.13. The molecular formula is C16H18ClN3O3S. The molecule has 0 fully saturated rings. The molecule has 0 saturated carbocycles. The van der Waals surface area contributed by atoms with Gasteiger partial charge in [-0.3, -0.25) is 4.79 Å². The van der Waals surface area contributed by atoms with E-state index in [4.69, 9.17) is 11.6 Å². The van der Waals surface area contributed by atoms with Gasteiger partial charge < -0.3 is 10.6 Å². The van der Waals surface area contributed by atoms with Gasteiger partial charge in [0.15, 0.2) is 9.84 Å². The fourth-order valence-corrected chi connectivity index (χ4v) is 2.96. The van der Waals surface area contributed by atoms with Gasteiger partial charge >= 0.3 is 0 Å². The summed E-state index contributed by atoms with van der Waals surface area (Å²) in [6.45, 7) is 0.438. The Labute approximate surface area is 146 Å². The third kappa shape index (κ3) is 5.50. The fraction of sp³-hybridized carbons (Fsp3) is 0.250. The zero-order chi connectivity index (χ0) is 17.6. The lowest BCUT2D eigenvalue weighted by Crippen LogP contribution is -2.14. The molecule has 2 N–H and O–H groups in total. The van der Waals surface area contributed by atoms with Crippen LogP contribution < -0.4 is 10.6 Å². The third-order valence-electron chi connectivity index (χ3n) is 3.17. The number of hydrogen-bond acceptors (Lipinski definition) is 5. The van der Waals surface area contributed by atoms with E-state index in [1.165, 1.54) is 12.3 Å². The van der Waals surface area contributed by atoms with Crippen LogP contribution in [0, 0.1) is 0 Å². The second-order valence-corrected chi connectivity index (χ2v) is 7.63. The summed E-state index contributed by atoms with van der Waals surface area (Å²) in [6.07, 6.45) is 3.49. The van der Waals surface area contributed by atoms with Crippen molar-refractivity contribution in [1.29, 1.82) is 0 Å². The normalized spacial score (nSPS) is 11.1. The van der Waals surface area contributed by atoms with Gasteiger partial charge in [-0.05, 0) is 42.8 Å². The molecule has 1 aromatic heterocycles. The Morgan fingerprint density at radius 1 is 1.21 bits per heavy atom. The van der Waals surface area contributed by atoms with Gasteiger partial charge in [0.25, 0.3) is 0 Å². The summed E-state index contributed by atoms with van der Waals surface area (Å²) >= 11 is 5.78. The Morgan fingerprint density at radius 2 is 1.92 bits per heavy atom. The number of halogens is 1. The molecule has 0 aliphatic carbocycles. The highest BCUT2D eigenvalue weighted by molar-refractivity contribution is 7.90. The minimum atomic E-state index is -3.35. The lowest BCUT2D eigenvalue weighted by Gasteiger charge is -2.09. The lowest BCUT2D eigenvalue weighted by molar-refractivity contribution is -0.116. The van der Waals surface area contributed by atoms with Crippen LogP contribution in [-0.4, -0.2) is 32.1 Å². The number of hydrogen-bond donors (Lipinski definition) is 2. The van der Waals surface area contributed by atoms with E-state index in [9.17, 15) is 13.2 Å². The van der Waals surface area contributed by atoms with E-state index in [0.29, 0.717) is 35.9 Å². The van der Waals surface area contributed by atoms with Crippen molar-refractivity contribution >= 4 is 38.9 Å². The van der Waals surface area contributed by atoms with Crippen LogP contribution in [0.25, 0.3) is 0 Å². The molecule has 0 aliphatic heterocycles. The first-order valence-corrected chi connectivity index (χ1v) is 9.57. The predicted molar refractivity (Wildman–Crippen MR) is 95.2 cm³/mol. The minimum absolute atomic E-state index is 0.122. The van der Waals surface area contributed by atoms with Gasteiger partial charge in [-0.15, -0.1) is 0 Å². The van der Waals surface area contributed by atoms with E-state index >= 15 is 0 Å². The maximum atomic E-state index is 11.9. The molecule has 2 rings (SSSR count).